The number of rotatable bonds is 1. The Hall–Kier alpha value is -0.940. The Labute approximate surface area is 64.1 Å². The summed E-state index contributed by atoms with van der Waals surface area (Å²) in [5.41, 5.74) is 4.78. The van der Waals surface area contributed by atoms with Gasteiger partial charge >= 0.3 is 11.9 Å². The lowest BCUT2D eigenvalue weighted by Crippen LogP contribution is -2.02. The van der Waals surface area contributed by atoms with E-state index in [1.165, 1.54) is 0 Å². The zero-order chi connectivity index (χ0) is 8.69. The Balaban J connectivity index is 0.000000218. The van der Waals surface area contributed by atoms with E-state index in [-0.39, 0.29) is 19.4 Å². The van der Waals surface area contributed by atoms with Gasteiger partial charge in [0.2, 0.25) is 0 Å². The number of carbonyl (C=O) groups is 2. The van der Waals surface area contributed by atoms with Gasteiger partial charge in [0.1, 0.15) is 0 Å². The number of carbonyl (C=O) groups excluding carboxylic acids is 2. The number of esters is 2. The molecule has 3 N–H and O–H groups in total. The van der Waals surface area contributed by atoms with E-state index >= 15 is 0 Å². The first kappa shape index (κ1) is 10.1. The Bertz CT molecular complexity index is 130. The SMILES string of the molecule is NCCO.O=C1CCC(=O)O1. The molecular weight excluding hydrogens is 150 g/mol. The molecule has 0 aliphatic carbocycles. The van der Waals surface area contributed by atoms with Gasteiger partial charge in [-0.25, -0.2) is 0 Å². The lowest BCUT2D eigenvalue weighted by Gasteiger charge is -1.79. The first-order chi connectivity index (χ1) is 5.20. The minimum absolute atomic E-state index is 0.0972. The van der Waals surface area contributed by atoms with Crippen LogP contribution in [0.3, 0.4) is 0 Å². The normalized spacial score (nSPS) is 15.5. The van der Waals surface area contributed by atoms with Gasteiger partial charge in [0.15, 0.2) is 0 Å². The summed E-state index contributed by atoms with van der Waals surface area (Å²) in [5.74, 6) is -0.796. The molecule has 0 aromatic heterocycles. The average molecular weight is 161 g/mol. The molecule has 1 fully saturated rings. The molecule has 1 heterocycles. The molecule has 0 aromatic carbocycles. The molecule has 0 spiro atoms. The summed E-state index contributed by atoms with van der Waals surface area (Å²) in [6.07, 6.45) is 0.525. The van der Waals surface area contributed by atoms with Gasteiger partial charge in [0.05, 0.1) is 19.4 Å². The van der Waals surface area contributed by atoms with Crippen LogP contribution in [0.25, 0.3) is 0 Å². The molecule has 5 heteroatoms. The molecule has 1 aliphatic rings. The molecule has 0 unspecified atom stereocenters. The lowest BCUT2D eigenvalue weighted by atomic mass is 10.4. The summed E-state index contributed by atoms with van der Waals surface area (Å²) >= 11 is 0. The van der Waals surface area contributed by atoms with Gasteiger partial charge in [-0.05, 0) is 0 Å². The largest absolute Gasteiger partial charge is 0.395 e. The Kier molecular flexibility index (Phi) is 5.32. The molecule has 0 atom stereocenters. The fraction of sp³-hybridized carbons (Fsp3) is 0.667. The average Bonchev–Trinajstić information content (AvgIpc) is 2.35. The van der Waals surface area contributed by atoms with E-state index in [1.807, 2.05) is 0 Å². The van der Waals surface area contributed by atoms with E-state index in [2.05, 4.69) is 4.74 Å². The molecule has 11 heavy (non-hydrogen) atoms. The maximum atomic E-state index is 10.0. The molecule has 0 aromatic rings. The second kappa shape index (κ2) is 5.82. The summed E-state index contributed by atoms with van der Waals surface area (Å²) in [7, 11) is 0. The third kappa shape index (κ3) is 5.50. The molecular formula is C6H11NO4. The van der Waals surface area contributed by atoms with Crippen LogP contribution in [0, 0.1) is 0 Å². The van der Waals surface area contributed by atoms with E-state index < -0.39 is 11.9 Å². The third-order valence-corrected chi connectivity index (χ3v) is 0.890. The van der Waals surface area contributed by atoms with Crippen molar-refractivity contribution in [2.75, 3.05) is 13.2 Å². The molecule has 1 aliphatic heterocycles. The minimum atomic E-state index is -0.398. The van der Waals surface area contributed by atoms with Crippen molar-refractivity contribution < 1.29 is 19.4 Å². The highest BCUT2D eigenvalue weighted by molar-refractivity contribution is 5.92. The van der Waals surface area contributed by atoms with Crippen molar-refractivity contribution in [1.82, 2.24) is 0 Å². The summed E-state index contributed by atoms with van der Waals surface area (Å²) < 4.78 is 4.08. The van der Waals surface area contributed by atoms with Gasteiger partial charge in [-0.15, -0.1) is 0 Å². The highest BCUT2D eigenvalue weighted by atomic mass is 16.6. The monoisotopic (exact) mass is 161 g/mol. The summed E-state index contributed by atoms with van der Waals surface area (Å²) in [5, 5.41) is 7.75. The Morgan fingerprint density at radius 3 is 1.82 bits per heavy atom. The van der Waals surface area contributed by atoms with Crippen molar-refractivity contribution in [3.05, 3.63) is 0 Å². The van der Waals surface area contributed by atoms with Crippen molar-refractivity contribution in [3.8, 4) is 0 Å². The number of hydrogen-bond acceptors (Lipinski definition) is 5. The minimum Gasteiger partial charge on any atom is -0.395 e. The maximum Gasteiger partial charge on any atom is 0.314 e. The predicted octanol–water partition coefficient (Wildman–Crippen LogP) is -1.21. The first-order valence-electron chi connectivity index (χ1n) is 3.25. The number of nitrogens with two attached hydrogens (primary N) is 1. The summed E-state index contributed by atoms with van der Waals surface area (Å²) in [4.78, 5) is 20.0. The van der Waals surface area contributed by atoms with Crippen LogP contribution in [0.1, 0.15) is 12.8 Å². The number of aliphatic hydroxyl groups excluding tert-OH is 1. The second-order valence-electron chi connectivity index (χ2n) is 1.86. The number of aliphatic hydroxyl groups is 1. The molecule has 64 valence electrons. The van der Waals surface area contributed by atoms with Crippen LogP contribution in [0.2, 0.25) is 0 Å². The molecule has 0 saturated carbocycles. The van der Waals surface area contributed by atoms with E-state index in [0.29, 0.717) is 6.54 Å². The van der Waals surface area contributed by atoms with Crippen LogP contribution in [-0.2, 0) is 14.3 Å². The van der Waals surface area contributed by atoms with Crippen LogP contribution < -0.4 is 5.73 Å². The quantitative estimate of drug-likeness (QED) is 0.372. The lowest BCUT2D eigenvalue weighted by molar-refractivity contribution is -0.151. The number of ether oxygens (including phenoxy) is 1. The van der Waals surface area contributed by atoms with Gasteiger partial charge < -0.3 is 15.6 Å². The molecule has 0 amide bonds. The third-order valence-electron chi connectivity index (χ3n) is 0.890. The smallest absolute Gasteiger partial charge is 0.314 e. The van der Waals surface area contributed by atoms with Gasteiger partial charge in [-0.2, -0.15) is 0 Å². The number of cyclic esters (lactones) is 2. The van der Waals surface area contributed by atoms with E-state index in [0.717, 1.165) is 0 Å². The zero-order valence-corrected chi connectivity index (χ0v) is 6.08. The van der Waals surface area contributed by atoms with Crippen LogP contribution in [-0.4, -0.2) is 30.2 Å². The molecule has 0 radical (unpaired) electrons. The molecule has 0 bridgehead atoms. The van der Waals surface area contributed by atoms with Crippen LogP contribution in [0.5, 0.6) is 0 Å². The standard InChI is InChI=1S/C4H4O3.C2H7NO/c5-3-1-2-4(6)7-3;3-1-2-4/h1-2H2;4H,1-3H2. The van der Waals surface area contributed by atoms with Crippen molar-refractivity contribution in [1.29, 1.82) is 0 Å². The van der Waals surface area contributed by atoms with Crippen LogP contribution >= 0.6 is 0 Å². The summed E-state index contributed by atoms with van der Waals surface area (Å²) in [6, 6.07) is 0. The zero-order valence-electron chi connectivity index (χ0n) is 6.08. The topological polar surface area (TPSA) is 89.6 Å². The Morgan fingerprint density at radius 1 is 1.36 bits per heavy atom. The van der Waals surface area contributed by atoms with Crippen molar-refractivity contribution in [2.45, 2.75) is 12.8 Å². The van der Waals surface area contributed by atoms with Gasteiger partial charge in [-0.3, -0.25) is 9.59 Å². The summed E-state index contributed by atoms with van der Waals surface area (Å²) in [6.45, 7) is 0.472. The van der Waals surface area contributed by atoms with E-state index in [1.54, 1.807) is 0 Å². The van der Waals surface area contributed by atoms with E-state index in [4.69, 9.17) is 10.8 Å². The molecule has 1 saturated heterocycles. The Morgan fingerprint density at radius 2 is 1.73 bits per heavy atom. The predicted molar refractivity (Wildman–Crippen MR) is 36.5 cm³/mol. The molecule has 5 nitrogen and oxygen atoms in total. The van der Waals surface area contributed by atoms with E-state index in [9.17, 15) is 9.59 Å². The molecule has 1 rings (SSSR count). The van der Waals surface area contributed by atoms with Crippen LogP contribution in [0.15, 0.2) is 0 Å². The maximum absolute atomic E-state index is 10.0. The van der Waals surface area contributed by atoms with Gasteiger partial charge in [0.25, 0.3) is 0 Å². The van der Waals surface area contributed by atoms with Gasteiger partial charge in [0, 0.05) is 6.54 Å². The highest BCUT2D eigenvalue weighted by Gasteiger charge is 2.19. The second-order valence-corrected chi connectivity index (χ2v) is 1.86. The fourth-order valence-electron chi connectivity index (χ4n) is 0.433. The van der Waals surface area contributed by atoms with Crippen molar-refractivity contribution in [3.63, 3.8) is 0 Å². The fourth-order valence-corrected chi connectivity index (χ4v) is 0.433. The highest BCUT2D eigenvalue weighted by Crippen LogP contribution is 2.03. The van der Waals surface area contributed by atoms with Gasteiger partial charge in [-0.1, -0.05) is 0 Å². The van der Waals surface area contributed by atoms with Crippen molar-refractivity contribution >= 4 is 11.9 Å². The first-order valence-corrected chi connectivity index (χ1v) is 3.25. The number of hydrogen-bond donors (Lipinski definition) is 2. The van der Waals surface area contributed by atoms with Crippen LogP contribution in [0.4, 0.5) is 0 Å². The van der Waals surface area contributed by atoms with Crippen molar-refractivity contribution in [2.24, 2.45) is 5.73 Å².